The highest BCUT2D eigenvalue weighted by Gasteiger charge is 2.29. The number of aliphatic carboxylic acids is 1. The van der Waals surface area contributed by atoms with E-state index < -0.39 is 18.1 Å². The van der Waals surface area contributed by atoms with Gasteiger partial charge >= 0.3 is 5.97 Å². The van der Waals surface area contributed by atoms with Crippen LogP contribution in [-0.4, -0.2) is 50.0 Å². The van der Waals surface area contributed by atoms with E-state index in [1.165, 1.54) is 6.20 Å². The second-order valence-corrected chi connectivity index (χ2v) is 7.79. The number of H-pyrrole nitrogens is 1. The highest BCUT2D eigenvalue weighted by molar-refractivity contribution is 5.98. The number of hydrogen-bond acceptors (Lipinski definition) is 7. The van der Waals surface area contributed by atoms with Crippen LogP contribution in [0.5, 0.6) is 5.75 Å². The number of nitrogens with zero attached hydrogens (tertiary/aromatic N) is 2. The van der Waals surface area contributed by atoms with Crippen LogP contribution in [0.3, 0.4) is 0 Å². The first-order chi connectivity index (χ1) is 16.5. The predicted octanol–water partition coefficient (Wildman–Crippen LogP) is 1.71. The molecule has 1 aliphatic heterocycles. The summed E-state index contributed by atoms with van der Waals surface area (Å²) in [5.41, 5.74) is 2.07. The molecule has 0 aliphatic carbocycles. The van der Waals surface area contributed by atoms with Crippen LogP contribution in [0.4, 0.5) is 11.6 Å². The lowest BCUT2D eigenvalue weighted by molar-refractivity contribution is -0.139. The van der Waals surface area contributed by atoms with Gasteiger partial charge in [0.2, 0.25) is 11.9 Å². The number of anilines is 2. The minimum absolute atomic E-state index is 0.0785. The Bertz CT molecular complexity index is 1150. The van der Waals surface area contributed by atoms with Gasteiger partial charge in [-0.1, -0.05) is 12.1 Å². The molecule has 0 radical (unpaired) electrons. The number of pyridine rings is 1. The van der Waals surface area contributed by atoms with Crippen molar-refractivity contribution in [2.24, 2.45) is 0 Å². The third-order valence-corrected chi connectivity index (χ3v) is 5.27. The van der Waals surface area contributed by atoms with Gasteiger partial charge in [-0.25, -0.2) is 4.98 Å². The van der Waals surface area contributed by atoms with Gasteiger partial charge in [-0.05, 0) is 35.7 Å². The molecule has 5 N–H and O–H groups in total. The summed E-state index contributed by atoms with van der Waals surface area (Å²) in [6.07, 6.45) is 6.12. The Morgan fingerprint density at radius 3 is 2.82 bits per heavy atom. The smallest absolute Gasteiger partial charge is 0.321 e. The molecule has 11 nitrogen and oxygen atoms in total. The zero-order valence-corrected chi connectivity index (χ0v) is 18.2. The number of aromatic amines is 1. The van der Waals surface area contributed by atoms with Crippen LogP contribution in [0.1, 0.15) is 24.0 Å². The van der Waals surface area contributed by atoms with Crippen molar-refractivity contribution in [1.29, 1.82) is 0 Å². The summed E-state index contributed by atoms with van der Waals surface area (Å²) in [7, 11) is 0. The molecule has 2 atom stereocenters. The Labute approximate surface area is 195 Å². The minimum Gasteiger partial charge on any atom is -0.480 e. The van der Waals surface area contributed by atoms with E-state index in [9.17, 15) is 19.5 Å². The molecule has 4 rings (SSSR count). The molecule has 11 heteroatoms. The van der Waals surface area contributed by atoms with Gasteiger partial charge in [-0.15, -0.1) is 0 Å². The molecule has 2 amide bonds. The fraction of sp³-hybridized carbons (Fsp3) is 0.261. The summed E-state index contributed by atoms with van der Waals surface area (Å²) in [6, 6.07) is 7.99. The third-order valence-electron chi connectivity index (χ3n) is 5.27. The Kier molecular flexibility index (Phi) is 7.13. The molecule has 1 aliphatic rings. The molecule has 0 spiro atoms. The second kappa shape index (κ2) is 10.6. The largest absolute Gasteiger partial charge is 0.480 e. The molecule has 0 saturated heterocycles. The molecule has 2 aromatic heterocycles. The number of rotatable bonds is 10. The van der Waals surface area contributed by atoms with Gasteiger partial charge in [-0.2, -0.15) is 0 Å². The topological polar surface area (TPSA) is 158 Å². The lowest BCUT2D eigenvalue weighted by Gasteiger charge is -2.26. The number of nitrogens with one attached hydrogen (secondary N) is 4. The maximum atomic E-state index is 12.5. The fourth-order valence-corrected chi connectivity index (χ4v) is 3.53. The fourth-order valence-electron chi connectivity index (χ4n) is 3.53. The number of fused-ring (bicyclic) bond motifs is 1. The molecule has 34 heavy (non-hydrogen) atoms. The average Bonchev–Trinajstić information content (AvgIpc) is 3.33. The number of hydrogen-bond donors (Lipinski definition) is 5. The number of amides is 2. The number of ether oxygens (including phenoxy) is 1. The van der Waals surface area contributed by atoms with E-state index in [1.807, 2.05) is 6.07 Å². The standard InChI is InChI=1S/C23H24N6O5/c30-20(29-23-25-8-9-26-23)6-5-19-21(31)28-16-10-14(3-4-18(16)34-19)11-17(22(32)33)27-13-15-2-1-7-24-12-15/h1-4,7-10,12,17,19,27H,5-6,11,13H2,(H,28,31)(H,32,33)(H2,25,26,29,30)/t17-,19?/m0/s1. The Hall–Kier alpha value is -4.25. The summed E-state index contributed by atoms with van der Waals surface area (Å²) in [6.45, 7) is 0.366. The van der Waals surface area contributed by atoms with Gasteiger partial charge in [0.25, 0.3) is 5.91 Å². The Morgan fingerprint density at radius 2 is 2.09 bits per heavy atom. The predicted molar refractivity (Wildman–Crippen MR) is 122 cm³/mol. The number of carboxylic acids is 1. The number of aromatic nitrogens is 3. The second-order valence-electron chi connectivity index (χ2n) is 7.79. The van der Waals surface area contributed by atoms with Gasteiger partial charge in [0, 0.05) is 44.2 Å². The lowest BCUT2D eigenvalue weighted by Crippen LogP contribution is -2.39. The molecule has 176 valence electrons. The average molecular weight is 464 g/mol. The summed E-state index contributed by atoms with van der Waals surface area (Å²) in [4.78, 5) is 47.0. The molecule has 0 bridgehead atoms. The van der Waals surface area contributed by atoms with Gasteiger partial charge in [0.15, 0.2) is 6.10 Å². The van der Waals surface area contributed by atoms with Crippen LogP contribution in [-0.2, 0) is 27.3 Å². The van der Waals surface area contributed by atoms with Gasteiger partial charge in [0.1, 0.15) is 11.8 Å². The third kappa shape index (κ3) is 5.95. The molecule has 0 saturated carbocycles. The quantitative estimate of drug-likeness (QED) is 0.303. The molecule has 0 fully saturated rings. The molecule has 3 heterocycles. The molecule has 1 unspecified atom stereocenters. The number of carbonyl (C=O) groups is 3. The minimum atomic E-state index is -0.977. The van der Waals surface area contributed by atoms with Crippen molar-refractivity contribution < 1.29 is 24.2 Å². The van der Waals surface area contributed by atoms with Gasteiger partial charge in [0.05, 0.1) is 5.69 Å². The molecular weight excluding hydrogens is 440 g/mol. The normalized spacial score (nSPS) is 15.5. The zero-order chi connectivity index (χ0) is 23.9. The summed E-state index contributed by atoms with van der Waals surface area (Å²) >= 11 is 0. The lowest BCUT2D eigenvalue weighted by atomic mass is 10.0. The van der Waals surface area contributed by atoms with Crippen molar-refractivity contribution >= 4 is 29.4 Å². The summed E-state index contributed by atoms with van der Waals surface area (Å²) < 4.78 is 5.79. The maximum absolute atomic E-state index is 12.5. The van der Waals surface area contributed by atoms with Crippen LogP contribution in [0.25, 0.3) is 0 Å². The van der Waals surface area contributed by atoms with Crippen LogP contribution in [0.2, 0.25) is 0 Å². The molecular formula is C23H24N6O5. The molecule has 1 aromatic carbocycles. The maximum Gasteiger partial charge on any atom is 0.321 e. The highest BCUT2D eigenvalue weighted by Crippen LogP contribution is 2.32. The van der Waals surface area contributed by atoms with E-state index in [-0.39, 0.29) is 31.1 Å². The van der Waals surface area contributed by atoms with Crippen LogP contribution in [0.15, 0.2) is 55.1 Å². The van der Waals surface area contributed by atoms with E-state index in [4.69, 9.17) is 4.74 Å². The molecule has 3 aromatic rings. The van der Waals surface area contributed by atoms with Crippen molar-refractivity contribution in [1.82, 2.24) is 20.3 Å². The van der Waals surface area contributed by atoms with E-state index in [1.54, 1.807) is 42.9 Å². The van der Waals surface area contributed by atoms with Crippen molar-refractivity contribution in [2.75, 3.05) is 10.6 Å². The van der Waals surface area contributed by atoms with E-state index in [2.05, 4.69) is 30.9 Å². The monoisotopic (exact) mass is 464 g/mol. The van der Waals surface area contributed by atoms with Crippen molar-refractivity contribution in [3.8, 4) is 5.75 Å². The van der Waals surface area contributed by atoms with Crippen LogP contribution in [0, 0.1) is 0 Å². The van der Waals surface area contributed by atoms with Crippen LogP contribution < -0.4 is 20.7 Å². The van der Waals surface area contributed by atoms with Gasteiger partial charge < -0.3 is 20.1 Å². The number of carbonyl (C=O) groups excluding carboxylic acids is 2. The van der Waals surface area contributed by atoms with Crippen LogP contribution >= 0.6 is 0 Å². The van der Waals surface area contributed by atoms with Gasteiger partial charge in [-0.3, -0.25) is 30.0 Å². The van der Waals surface area contributed by atoms with E-state index >= 15 is 0 Å². The summed E-state index contributed by atoms with van der Waals surface area (Å²) in [5, 5.41) is 18.0. The Balaban J connectivity index is 1.33. The SMILES string of the molecule is O=C(CCC1Oc2ccc(C[C@H](NCc3cccnc3)C(=O)O)cc2NC1=O)Nc1ncc[nH]1. The van der Waals surface area contributed by atoms with E-state index in [0.717, 1.165) is 11.1 Å². The zero-order valence-electron chi connectivity index (χ0n) is 18.2. The summed E-state index contributed by atoms with van der Waals surface area (Å²) in [5.74, 6) is -0.817. The Morgan fingerprint density at radius 1 is 1.21 bits per heavy atom. The first-order valence-electron chi connectivity index (χ1n) is 10.7. The van der Waals surface area contributed by atoms with Crippen molar-refractivity contribution in [3.63, 3.8) is 0 Å². The highest BCUT2D eigenvalue weighted by atomic mass is 16.5. The number of benzene rings is 1. The number of carboxylic acid groups (broad SMARTS) is 1. The van der Waals surface area contributed by atoms with E-state index in [0.29, 0.717) is 23.9 Å². The first kappa shape index (κ1) is 22.9. The number of imidazole rings is 1. The van der Waals surface area contributed by atoms with Crippen molar-refractivity contribution in [2.45, 2.75) is 38.0 Å². The van der Waals surface area contributed by atoms with Crippen molar-refractivity contribution in [3.05, 3.63) is 66.2 Å². The first-order valence-corrected chi connectivity index (χ1v) is 10.7.